The second kappa shape index (κ2) is 4.73. The van der Waals surface area contributed by atoms with Crippen LogP contribution < -0.4 is 0 Å². The van der Waals surface area contributed by atoms with Crippen molar-refractivity contribution in [1.29, 1.82) is 0 Å². The number of rotatable bonds is 0. The lowest BCUT2D eigenvalue weighted by Gasteiger charge is -2.06. The van der Waals surface area contributed by atoms with Crippen molar-refractivity contribution in [2.75, 3.05) is 0 Å². The third-order valence-corrected chi connectivity index (χ3v) is 3.91. The molecule has 98 valence electrons. The van der Waals surface area contributed by atoms with Crippen molar-refractivity contribution in [3.8, 4) is 11.5 Å². The fourth-order valence-electron chi connectivity index (χ4n) is 2.13. The Hall–Kier alpha value is -2.18. The van der Waals surface area contributed by atoms with Gasteiger partial charge in [-0.1, -0.05) is 31.6 Å². The lowest BCUT2D eigenvalue weighted by molar-refractivity contribution is 1.37. The molecule has 1 aromatic carbocycles. The number of pyridine rings is 2. The predicted octanol–water partition coefficient (Wildman–Crippen LogP) is 4.01. The maximum Gasteiger partial charge on any atom is 0.129 e. The highest BCUT2D eigenvalue weighted by Gasteiger charge is 2.10. The van der Waals surface area contributed by atoms with Gasteiger partial charge in [-0.2, -0.15) is 0 Å². The van der Waals surface area contributed by atoms with Crippen LogP contribution in [0.2, 0.25) is 19.6 Å². The molecule has 0 spiro atoms. The quantitative estimate of drug-likeness (QED) is 0.352. The zero-order valence-corrected chi connectivity index (χ0v) is 12.9. The number of hydrogen-bond donors (Lipinski definition) is 0. The third kappa shape index (κ3) is 2.43. The molecule has 20 heavy (non-hydrogen) atoms. The summed E-state index contributed by atoms with van der Waals surface area (Å²) in [7, 11) is -1.39. The lowest BCUT2D eigenvalue weighted by Crippen LogP contribution is -2.16. The van der Waals surface area contributed by atoms with E-state index in [1.165, 1.54) is 0 Å². The minimum Gasteiger partial charge on any atom is -0.254 e. The molecule has 0 aliphatic rings. The van der Waals surface area contributed by atoms with Gasteiger partial charge < -0.3 is 0 Å². The monoisotopic (exact) mass is 276 g/mol. The van der Waals surface area contributed by atoms with E-state index in [1.807, 2.05) is 24.5 Å². The van der Waals surface area contributed by atoms with Crippen LogP contribution in [-0.2, 0) is 0 Å². The second-order valence-electron chi connectivity index (χ2n) is 5.90. The summed E-state index contributed by atoms with van der Waals surface area (Å²) in [6.45, 7) is 6.76. The second-order valence-corrected chi connectivity index (χ2v) is 10.6. The molecule has 3 rings (SSSR count). The first kappa shape index (κ1) is 12.8. The topological polar surface area (TPSA) is 25.8 Å². The molecule has 2 heterocycles. The van der Waals surface area contributed by atoms with Crippen LogP contribution in [0.1, 0.15) is 5.56 Å². The molecular formula is C17H16N2Si. The number of nitrogens with zero attached hydrogens (tertiary/aromatic N) is 2. The first-order valence-electron chi connectivity index (χ1n) is 6.70. The number of benzene rings is 1. The molecule has 2 nitrogen and oxygen atoms in total. The molecule has 0 aliphatic carbocycles. The van der Waals surface area contributed by atoms with Crippen molar-refractivity contribution < 1.29 is 0 Å². The van der Waals surface area contributed by atoms with E-state index in [0.717, 1.165) is 27.4 Å². The van der Waals surface area contributed by atoms with Crippen LogP contribution >= 0.6 is 0 Å². The van der Waals surface area contributed by atoms with E-state index in [9.17, 15) is 0 Å². The Bertz CT molecular complexity index is 851. The summed E-state index contributed by atoms with van der Waals surface area (Å²) in [6.07, 6.45) is 3.62. The van der Waals surface area contributed by atoms with Gasteiger partial charge >= 0.3 is 0 Å². The lowest BCUT2D eigenvalue weighted by atomic mass is 10.0. The fraction of sp³-hybridized carbons (Fsp3) is 0.176. The zero-order chi connectivity index (χ0) is 14.2. The van der Waals surface area contributed by atoms with E-state index in [2.05, 4.69) is 59.3 Å². The molecule has 0 radical (unpaired) electrons. The summed E-state index contributed by atoms with van der Waals surface area (Å²) in [6, 6.07) is 10.2. The third-order valence-electron chi connectivity index (χ3n) is 3.03. The van der Waals surface area contributed by atoms with Crippen molar-refractivity contribution in [1.82, 2.24) is 9.97 Å². The Morgan fingerprint density at radius 2 is 1.65 bits per heavy atom. The normalized spacial score (nSPS) is 11.3. The Labute approximate surface area is 119 Å². The summed E-state index contributed by atoms with van der Waals surface area (Å²) >= 11 is 0. The summed E-state index contributed by atoms with van der Waals surface area (Å²) < 4.78 is 0. The van der Waals surface area contributed by atoms with Crippen LogP contribution in [0.5, 0.6) is 0 Å². The Morgan fingerprint density at radius 3 is 2.40 bits per heavy atom. The summed E-state index contributed by atoms with van der Waals surface area (Å²) in [4.78, 5) is 8.95. The minimum absolute atomic E-state index is 0.936. The van der Waals surface area contributed by atoms with E-state index < -0.39 is 8.07 Å². The number of hydrogen-bond acceptors (Lipinski definition) is 2. The van der Waals surface area contributed by atoms with Crippen molar-refractivity contribution in [3.05, 3.63) is 48.3 Å². The Kier molecular flexibility index (Phi) is 3.04. The van der Waals surface area contributed by atoms with Gasteiger partial charge in [0.05, 0.1) is 11.0 Å². The van der Waals surface area contributed by atoms with Gasteiger partial charge in [0.15, 0.2) is 0 Å². The van der Waals surface area contributed by atoms with Gasteiger partial charge in [-0.25, -0.2) is 0 Å². The smallest absolute Gasteiger partial charge is 0.129 e. The largest absolute Gasteiger partial charge is 0.254 e. The van der Waals surface area contributed by atoms with E-state index in [0.29, 0.717) is 0 Å². The highest BCUT2D eigenvalue weighted by Crippen LogP contribution is 2.25. The highest BCUT2D eigenvalue weighted by molar-refractivity contribution is 6.83. The average Bonchev–Trinajstić information content (AvgIpc) is 2.44. The van der Waals surface area contributed by atoms with E-state index >= 15 is 0 Å². The van der Waals surface area contributed by atoms with Gasteiger partial charge in [0.1, 0.15) is 8.07 Å². The number of fused-ring (bicyclic) bond motifs is 3. The van der Waals surface area contributed by atoms with Gasteiger partial charge in [0.25, 0.3) is 0 Å². The molecule has 3 heteroatoms. The first-order valence-corrected chi connectivity index (χ1v) is 10.2. The maximum absolute atomic E-state index is 4.50. The number of aromatic nitrogens is 2. The van der Waals surface area contributed by atoms with Gasteiger partial charge in [-0.15, -0.1) is 5.54 Å². The SMILES string of the molecule is C[Si](C)(C)C#Cc1cc2cccnc2c2ncccc12. The molecule has 0 saturated heterocycles. The maximum atomic E-state index is 4.50. The predicted molar refractivity (Wildman–Crippen MR) is 87.3 cm³/mol. The van der Waals surface area contributed by atoms with Crippen LogP contribution in [-0.4, -0.2) is 18.0 Å². The standard InChI is InChI=1S/C17H16N2Si/c1-20(2,3)11-8-13-12-14-6-4-9-18-16(14)17-15(13)7-5-10-19-17/h4-7,9-10,12H,1-3H3. The van der Waals surface area contributed by atoms with E-state index in [-0.39, 0.29) is 0 Å². The molecule has 2 aromatic heterocycles. The molecule has 0 saturated carbocycles. The summed E-state index contributed by atoms with van der Waals surface area (Å²) in [5.41, 5.74) is 6.37. The van der Waals surface area contributed by atoms with Crippen molar-refractivity contribution >= 4 is 29.9 Å². The van der Waals surface area contributed by atoms with Crippen LogP contribution in [0.15, 0.2) is 42.7 Å². The van der Waals surface area contributed by atoms with Crippen LogP contribution in [0.25, 0.3) is 21.8 Å². The van der Waals surface area contributed by atoms with Crippen molar-refractivity contribution in [2.24, 2.45) is 0 Å². The van der Waals surface area contributed by atoms with E-state index in [4.69, 9.17) is 0 Å². The van der Waals surface area contributed by atoms with Crippen LogP contribution in [0.4, 0.5) is 0 Å². The van der Waals surface area contributed by atoms with Crippen molar-refractivity contribution in [3.63, 3.8) is 0 Å². The van der Waals surface area contributed by atoms with Gasteiger partial charge in [-0.3, -0.25) is 9.97 Å². The van der Waals surface area contributed by atoms with Crippen LogP contribution in [0.3, 0.4) is 0 Å². The zero-order valence-electron chi connectivity index (χ0n) is 11.9. The molecule has 0 atom stereocenters. The molecule has 0 unspecified atom stereocenters. The Balaban J connectivity index is 2.37. The molecule has 3 aromatic rings. The minimum atomic E-state index is -1.39. The van der Waals surface area contributed by atoms with Crippen LogP contribution in [0, 0.1) is 11.5 Å². The molecule has 0 aliphatic heterocycles. The molecule has 0 fully saturated rings. The van der Waals surface area contributed by atoms with Gasteiger partial charge in [-0.05, 0) is 24.3 Å². The molecule has 0 amide bonds. The summed E-state index contributed by atoms with van der Waals surface area (Å²) in [5.74, 6) is 3.36. The van der Waals surface area contributed by atoms with Gasteiger partial charge in [0, 0.05) is 28.7 Å². The Morgan fingerprint density at radius 1 is 0.950 bits per heavy atom. The molecular weight excluding hydrogens is 260 g/mol. The van der Waals surface area contributed by atoms with E-state index in [1.54, 1.807) is 0 Å². The average molecular weight is 276 g/mol. The highest BCUT2D eigenvalue weighted by atomic mass is 28.3. The fourth-order valence-corrected chi connectivity index (χ4v) is 2.64. The molecule has 0 bridgehead atoms. The van der Waals surface area contributed by atoms with Gasteiger partial charge in [0.2, 0.25) is 0 Å². The summed E-state index contributed by atoms with van der Waals surface area (Å²) in [5, 5.41) is 2.18. The molecule has 0 N–H and O–H groups in total. The van der Waals surface area contributed by atoms with Crippen molar-refractivity contribution in [2.45, 2.75) is 19.6 Å². The first-order chi connectivity index (χ1) is 9.54.